The number of carbonyl (C=O) groups is 2. The fraction of sp³-hybridized carbons (Fsp3) is 0.481. The van der Waals surface area contributed by atoms with Crippen molar-refractivity contribution in [1.29, 1.82) is 0 Å². The summed E-state index contributed by atoms with van der Waals surface area (Å²) in [4.78, 5) is 29.5. The van der Waals surface area contributed by atoms with E-state index in [-0.39, 0.29) is 17.9 Å². The Bertz CT molecular complexity index is 1220. The van der Waals surface area contributed by atoms with Gasteiger partial charge in [0.1, 0.15) is 11.2 Å². The van der Waals surface area contributed by atoms with Gasteiger partial charge in [0.25, 0.3) is 5.91 Å². The van der Waals surface area contributed by atoms with E-state index in [1.54, 1.807) is 16.2 Å². The molecule has 2 aromatic heterocycles. The Kier molecular flexibility index (Phi) is 6.23. The van der Waals surface area contributed by atoms with Crippen LogP contribution in [0.15, 0.2) is 41.8 Å². The van der Waals surface area contributed by atoms with Crippen molar-refractivity contribution in [1.82, 2.24) is 14.8 Å². The summed E-state index contributed by atoms with van der Waals surface area (Å²) in [5.41, 5.74) is 1.83. The second-order valence-electron chi connectivity index (χ2n) is 10.2. The van der Waals surface area contributed by atoms with E-state index in [0.29, 0.717) is 42.1 Å². The fourth-order valence-electron chi connectivity index (χ4n) is 5.62. The third-order valence-electron chi connectivity index (χ3n) is 8.10. The van der Waals surface area contributed by atoms with Gasteiger partial charge in [-0.25, -0.2) is 0 Å². The van der Waals surface area contributed by atoms with Crippen LogP contribution in [0.4, 0.5) is 0 Å². The van der Waals surface area contributed by atoms with E-state index in [1.165, 1.54) is 6.42 Å². The number of carbonyl (C=O) groups excluding carboxylic acids is 2. The highest BCUT2D eigenvalue weighted by atomic mass is 35.5. The smallest absolute Gasteiger partial charge is 0.271 e. The number of halogens is 1. The van der Waals surface area contributed by atoms with Gasteiger partial charge in [-0.3, -0.25) is 9.59 Å². The number of fused-ring (bicyclic) bond motifs is 3. The summed E-state index contributed by atoms with van der Waals surface area (Å²) in [7, 11) is 0. The van der Waals surface area contributed by atoms with Crippen molar-refractivity contribution in [2.75, 3.05) is 6.54 Å². The van der Waals surface area contributed by atoms with Crippen molar-refractivity contribution in [2.24, 2.45) is 11.8 Å². The van der Waals surface area contributed by atoms with E-state index in [2.05, 4.69) is 19.2 Å². The maximum atomic E-state index is 13.9. The Labute approximate surface area is 210 Å². The van der Waals surface area contributed by atoms with Gasteiger partial charge in [0, 0.05) is 17.6 Å². The molecular formula is C27H32ClN3O2S. The van der Waals surface area contributed by atoms with Crippen LogP contribution in [0.25, 0.3) is 10.2 Å². The molecule has 0 spiro atoms. The van der Waals surface area contributed by atoms with Gasteiger partial charge in [0.15, 0.2) is 0 Å². The minimum Gasteiger partial charge on any atom is -0.351 e. The second kappa shape index (κ2) is 9.04. The van der Waals surface area contributed by atoms with Gasteiger partial charge in [0.05, 0.1) is 16.8 Å². The molecule has 2 aliphatic rings. The van der Waals surface area contributed by atoms with E-state index in [4.69, 9.17) is 11.6 Å². The van der Waals surface area contributed by atoms with Crippen LogP contribution in [0.5, 0.6) is 0 Å². The summed E-state index contributed by atoms with van der Waals surface area (Å²) in [6, 6.07) is 11.9. The lowest BCUT2D eigenvalue weighted by atomic mass is 9.77. The number of nitrogens with zero attached hydrogens (tertiary/aromatic N) is 2. The van der Waals surface area contributed by atoms with E-state index in [9.17, 15) is 9.59 Å². The molecule has 34 heavy (non-hydrogen) atoms. The van der Waals surface area contributed by atoms with Crippen molar-refractivity contribution < 1.29 is 9.59 Å². The number of amides is 2. The molecule has 1 aromatic carbocycles. The van der Waals surface area contributed by atoms with E-state index < -0.39 is 5.54 Å². The van der Waals surface area contributed by atoms with E-state index in [1.807, 2.05) is 53.3 Å². The zero-order chi connectivity index (χ0) is 24.0. The predicted molar refractivity (Wildman–Crippen MR) is 139 cm³/mol. The van der Waals surface area contributed by atoms with Crippen LogP contribution >= 0.6 is 22.9 Å². The first-order valence-electron chi connectivity index (χ1n) is 12.2. The lowest BCUT2D eigenvalue weighted by molar-refractivity contribution is -0.134. The largest absolute Gasteiger partial charge is 0.351 e. The Morgan fingerprint density at radius 2 is 1.97 bits per heavy atom. The zero-order valence-electron chi connectivity index (χ0n) is 20.0. The monoisotopic (exact) mass is 497 g/mol. The summed E-state index contributed by atoms with van der Waals surface area (Å²) in [5, 5.41) is 6.10. The first-order valence-corrected chi connectivity index (χ1v) is 13.5. The van der Waals surface area contributed by atoms with Gasteiger partial charge in [-0.15, -0.1) is 11.3 Å². The van der Waals surface area contributed by atoms with Gasteiger partial charge < -0.3 is 14.8 Å². The van der Waals surface area contributed by atoms with Gasteiger partial charge in [-0.1, -0.05) is 50.4 Å². The molecule has 7 heteroatoms. The van der Waals surface area contributed by atoms with Crippen LogP contribution in [0.2, 0.25) is 5.02 Å². The summed E-state index contributed by atoms with van der Waals surface area (Å²) < 4.78 is 3.12. The zero-order valence-corrected chi connectivity index (χ0v) is 21.6. The van der Waals surface area contributed by atoms with Crippen molar-refractivity contribution >= 4 is 45.0 Å². The van der Waals surface area contributed by atoms with Crippen molar-refractivity contribution in [3.8, 4) is 0 Å². The molecule has 4 atom stereocenters. The second-order valence-corrected chi connectivity index (χ2v) is 11.6. The van der Waals surface area contributed by atoms with Crippen LogP contribution in [0.3, 0.4) is 0 Å². The predicted octanol–water partition coefficient (Wildman–Crippen LogP) is 5.75. The Morgan fingerprint density at radius 3 is 2.74 bits per heavy atom. The number of hydrogen-bond acceptors (Lipinski definition) is 3. The molecule has 0 bridgehead atoms. The lowest BCUT2D eigenvalue weighted by Gasteiger charge is -2.45. The molecule has 2 amide bonds. The van der Waals surface area contributed by atoms with Crippen LogP contribution in [-0.4, -0.2) is 39.4 Å². The van der Waals surface area contributed by atoms with Crippen molar-refractivity contribution in [3.05, 3.63) is 58.1 Å². The van der Waals surface area contributed by atoms with Crippen molar-refractivity contribution in [2.45, 2.75) is 64.6 Å². The number of aromatic nitrogens is 1. The number of benzene rings is 1. The quantitative estimate of drug-likeness (QED) is 0.487. The van der Waals surface area contributed by atoms with Crippen molar-refractivity contribution in [3.63, 3.8) is 0 Å². The summed E-state index contributed by atoms with van der Waals surface area (Å²) in [6.45, 7) is 7.37. The Morgan fingerprint density at radius 1 is 1.21 bits per heavy atom. The topological polar surface area (TPSA) is 54.3 Å². The SMILES string of the molecule is C[C@H]1[C@H](C)CCC[C@@H]1NC(=O)[C@@]1(C)Cn2c(cc3sccc32)C(=O)N1CCc1ccc(Cl)cc1. The molecule has 1 aliphatic carbocycles. The normalized spacial score (nSPS) is 27.1. The molecule has 1 N–H and O–H groups in total. The van der Waals surface area contributed by atoms with Crippen LogP contribution in [-0.2, 0) is 17.8 Å². The first kappa shape index (κ1) is 23.4. The number of hydrogen-bond donors (Lipinski definition) is 1. The number of rotatable bonds is 5. The third kappa shape index (κ3) is 4.05. The summed E-state index contributed by atoms with van der Waals surface area (Å²) in [5.74, 6) is 0.883. The molecule has 1 fully saturated rings. The Hall–Kier alpha value is -2.31. The summed E-state index contributed by atoms with van der Waals surface area (Å²) in [6.07, 6.45) is 4.00. The minimum absolute atomic E-state index is 0.0503. The Balaban J connectivity index is 1.46. The molecule has 5 nitrogen and oxygen atoms in total. The molecule has 0 radical (unpaired) electrons. The number of nitrogens with one attached hydrogen (secondary N) is 1. The molecule has 180 valence electrons. The molecule has 1 aliphatic heterocycles. The highest BCUT2D eigenvalue weighted by Gasteiger charge is 2.48. The average Bonchev–Trinajstić information content (AvgIpc) is 3.40. The minimum atomic E-state index is -0.967. The molecular weight excluding hydrogens is 466 g/mol. The highest BCUT2D eigenvalue weighted by Crippen LogP contribution is 2.36. The molecule has 3 aromatic rings. The van der Waals surface area contributed by atoms with Gasteiger partial charge in [-0.05, 0) is 66.8 Å². The van der Waals surface area contributed by atoms with Crippen LogP contribution < -0.4 is 5.32 Å². The van der Waals surface area contributed by atoms with Gasteiger partial charge in [-0.2, -0.15) is 0 Å². The molecule has 3 heterocycles. The molecule has 5 rings (SSSR count). The maximum absolute atomic E-state index is 13.9. The average molecular weight is 498 g/mol. The molecule has 0 saturated heterocycles. The third-order valence-corrected chi connectivity index (χ3v) is 9.20. The van der Waals surface area contributed by atoms with Crippen LogP contribution in [0, 0.1) is 11.8 Å². The lowest BCUT2D eigenvalue weighted by Crippen LogP contribution is -2.65. The maximum Gasteiger partial charge on any atom is 0.271 e. The van der Waals surface area contributed by atoms with E-state index >= 15 is 0 Å². The van der Waals surface area contributed by atoms with E-state index in [0.717, 1.165) is 28.6 Å². The summed E-state index contributed by atoms with van der Waals surface area (Å²) >= 11 is 7.68. The number of thiophene rings is 1. The van der Waals surface area contributed by atoms with Crippen LogP contribution in [0.1, 0.15) is 56.1 Å². The molecule has 0 unspecified atom stereocenters. The van der Waals surface area contributed by atoms with Gasteiger partial charge in [0.2, 0.25) is 5.91 Å². The first-order chi connectivity index (χ1) is 16.3. The fourth-order valence-corrected chi connectivity index (χ4v) is 6.57. The van der Waals surface area contributed by atoms with Gasteiger partial charge >= 0.3 is 0 Å². The molecule has 1 saturated carbocycles. The standard InChI is InChI=1S/C27H32ClN3O2S/c1-17-5-4-6-21(18(17)2)29-26(33)27(3)16-30-22-12-14-34-24(22)15-23(30)25(32)31(27)13-11-19-7-9-20(28)10-8-19/h7-10,12,14-15,17-18,21H,4-6,11,13,16H2,1-3H3,(H,29,33)/t17-,18+,21+,27-/m1/s1. The highest BCUT2D eigenvalue weighted by molar-refractivity contribution is 7.17.